The summed E-state index contributed by atoms with van der Waals surface area (Å²) in [6, 6.07) is 13.4. The van der Waals surface area contributed by atoms with Crippen molar-refractivity contribution >= 4 is 22.6 Å². The highest BCUT2D eigenvalue weighted by Crippen LogP contribution is 2.33. The Hall–Kier alpha value is -4.62. The van der Waals surface area contributed by atoms with Gasteiger partial charge in [-0.1, -0.05) is 18.2 Å². The molecule has 1 aromatic carbocycles. The SMILES string of the molecule is N#Cc1ccc(COc2cccc(C3=CCC(Cc4nc5cnc(C(=O)O)cc5n4C[C@@H]4CCO4)CC3)n2)c(F)c1. The number of aromatic nitrogens is 4. The van der Waals surface area contributed by atoms with Gasteiger partial charge in [0.05, 0.1) is 41.7 Å². The molecule has 1 saturated heterocycles. The van der Waals surface area contributed by atoms with Crippen LogP contribution in [0.5, 0.6) is 5.88 Å². The second kappa shape index (κ2) is 11.5. The van der Waals surface area contributed by atoms with Crippen LogP contribution in [0.15, 0.2) is 54.7 Å². The normalized spacial score (nSPS) is 18.4. The fourth-order valence-corrected chi connectivity index (χ4v) is 5.31. The van der Waals surface area contributed by atoms with Crippen LogP contribution in [0.3, 0.4) is 0 Å². The van der Waals surface area contributed by atoms with E-state index < -0.39 is 11.8 Å². The number of pyridine rings is 2. The molecule has 41 heavy (non-hydrogen) atoms. The second-order valence-corrected chi connectivity index (χ2v) is 10.4. The lowest BCUT2D eigenvalue weighted by Gasteiger charge is -2.28. The molecular formula is C31H28FN5O4. The molecule has 2 atom stereocenters. The molecule has 0 saturated carbocycles. The Morgan fingerprint density at radius 2 is 2.10 bits per heavy atom. The molecule has 3 aromatic heterocycles. The number of benzene rings is 1. The van der Waals surface area contributed by atoms with Gasteiger partial charge in [-0.15, -0.1) is 0 Å². The van der Waals surface area contributed by atoms with Gasteiger partial charge in [0.1, 0.15) is 29.5 Å². The number of fused-ring (bicyclic) bond motifs is 1. The highest BCUT2D eigenvalue weighted by Gasteiger charge is 2.25. The van der Waals surface area contributed by atoms with Crippen LogP contribution < -0.4 is 4.74 Å². The summed E-state index contributed by atoms with van der Waals surface area (Å²) in [6.45, 7) is 1.41. The molecule has 0 bridgehead atoms. The number of carbonyl (C=O) groups is 1. The Morgan fingerprint density at radius 3 is 2.80 bits per heavy atom. The molecule has 9 nitrogen and oxygen atoms in total. The number of hydrogen-bond donors (Lipinski definition) is 1. The number of carboxylic acids is 1. The summed E-state index contributed by atoms with van der Waals surface area (Å²) in [5.74, 6) is 0.173. The van der Waals surface area contributed by atoms with E-state index in [0.717, 1.165) is 61.3 Å². The minimum Gasteiger partial charge on any atom is -0.477 e. The van der Waals surface area contributed by atoms with Crippen molar-refractivity contribution in [3.63, 3.8) is 0 Å². The van der Waals surface area contributed by atoms with Crippen LogP contribution in [0.2, 0.25) is 0 Å². The lowest BCUT2D eigenvalue weighted by atomic mass is 9.86. The average molecular weight is 554 g/mol. The van der Waals surface area contributed by atoms with E-state index in [1.54, 1.807) is 24.3 Å². The van der Waals surface area contributed by atoms with E-state index in [-0.39, 0.29) is 24.0 Å². The summed E-state index contributed by atoms with van der Waals surface area (Å²) in [4.78, 5) is 25.0. The van der Waals surface area contributed by atoms with Crippen molar-refractivity contribution in [2.45, 2.75) is 51.4 Å². The first-order chi connectivity index (χ1) is 20.0. The van der Waals surface area contributed by atoms with Crippen molar-refractivity contribution in [1.82, 2.24) is 19.5 Å². The Labute approximate surface area is 235 Å². The molecule has 1 fully saturated rings. The molecule has 1 aliphatic carbocycles. The number of allylic oxidation sites excluding steroid dienone is 2. The van der Waals surface area contributed by atoms with E-state index in [9.17, 15) is 14.3 Å². The van der Waals surface area contributed by atoms with Gasteiger partial charge in [-0.3, -0.25) is 0 Å². The first-order valence-corrected chi connectivity index (χ1v) is 13.6. The molecule has 6 rings (SSSR count). The Kier molecular flexibility index (Phi) is 7.44. The number of nitriles is 1. The van der Waals surface area contributed by atoms with Crippen LogP contribution in [0.25, 0.3) is 16.6 Å². The molecule has 10 heteroatoms. The highest BCUT2D eigenvalue weighted by molar-refractivity contribution is 5.90. The highest BCUT2D eigenvalue weighted by atomic mass is 19.1. The van der Waals surface area contributed by atoms with Crippen LogP contribution in [-0.4, -0.2) is 43.3 Å². The lowest BCUT2D eigenvalue weighted by molar-refractivity contribution is -0.0590. The van der Waals surface area contributed by atoms with Gasteiger partial charge in [-0.2, -0.15) is 5.26 Å². The predicted octanol–water partition coefficient (Wildman–Crippen LogP) is 5.33. The Morgan fingerprint density at radius 1 is 1.22 bits per heavy atom. The summed E-state index contributed by atoms with van der Waals surface area (Å²) < 4.78 is 27.8. The van der Waals surface area contributed by atoms with Gasteiger partial charge in [0.2, 0.25) is 5.88 Å². The number of aromatic carboxylic acids is 1. The van der Waals surface area contributed by atoms with Gasteiger partial charge in [-0.25, -0.2) is 24.1 Å². The van der Waals surface area contributed by atoms with Crippen molar-refractivity contribution in [3.8, 4) is 11.9 Å². The Bertz CT molecular complexity index is 1690. The third-order valence-electron chi connectivity index (χ3n) is 7.71. The zero-order chi connectivity index (χ0) is 28.3. The minimum atomic E-state index is -1.06. The summed E-state index contributed by atoms with van der Waals surface area (Å²) >= 11 is 0. The van der Waals surface area contributed by atoms with Crippen LogP contribution in [0.4, 0.5) is 4.39 Å². The number of hydrogen-bond acceptors (Lipinski definition) is 7. The van der Waals surface area contributed by atoms with Gasteiger partial charge < -0.3 is 19.1 Å². The first kappa shape index (κ1) is 26.6. The maximum Gasteiger partial charge on any atom is 0.354 e. The molecule has 2 aliphatic rings. The zero-order valence-electron chi connectivity index (χ0n) is 22.3. The molecule has 1 unspecified atom stereocenters. The summed E-state index contributed by atoms with van der Waals surface area (Å²) in [5.41, 5.74) is 4.08. The number of imidazole rings is 1. The second-order valence-electron chi connectivity index (χ2n) is 10.4. The van der Waals surface area contributed by atoms with E-state index in [1.807, 2.05) is 18.2 Å². The van der Waals surface area contributed by atoms with Gasteiger partial charge >= 0.3 is 5.97 Å². The zero-order valence-corrected chi connectivity index (χ0v) is 22.3. The fraction of sp³-hybridized carbons (Fsp3) is 0.323. The molecule has 0 radical (unpaired) electrons. The smallest absolute Gasteiger partial charge is 0.354 e. The first-order valence-electron chi connectivity index (χ1n) is 13.6. The summed E-state index contributed by atoms with van der Waals surface area (Å²) in [5, 5.41) is 18.4. The van der Waals surface area contributed by atoms with Gasteiger partial charge in [-0.05, 0) is 61.4 Å². The fourth-order valence-electron chi connectivity index (χ4n) is 5.31. The third kappa shape index (κ3) is 5.81. The van der Waals surface area contributed by atoms with Gasteiger partial charge in [0, 0.05) is 24.7 Å². The molecule has 208 valence electrons. The van der Waals surface area contributed by atoms with Crippen molar-refractivity contribution in [3.05, 3.63) is 88.9 Å². The van der Waals surface area contributed by atoms with Crippen LogP contribution >= 0.6 is 0 Å². The molecule has 1 aliphatic heterocycles. The summed E-state index contributed by atoms with van der Waals surface area (Å²) in [7, 11) is 0. The Balaban J connectivity index is 1.14. The number of nitrogens with zero attached hydrogens (tertiary/aromatic N) is 5. The van der Waals surface area contributed by atoms with E-state index in [4.69, 9.17) is 19.7 Å². The van der Waals surface area contributed by atoms with Crippen molar-refractivity contribution in [2.75, 3.05) is 6.61 Å². The lowest BCUT2D eigenvalue weighted by Crippen LogP contribution is -2.32. The molecule has 1 N–H and O–H groups in total. The van der Waals surface area contributed by atoms with Gasteiger partial charge in [0.25, 0.3) is 0 Å². The largest absolute Gasteiger partial charge is 0.477 e. The van der Waals surface area contributed by atoms with Gasteiger partial charge in [0.15, 0.2) is 0 Å². The van der Waals surface area contributed by atoms with Crippen LogP contribution in [0.1, 0.15) is 58.8 Å². The summed E-state index contributed by atoms with van der Waals surface area (Å²) in [6.07, 6.45) is 8.27. The van der Waals surface area contributed by atoms with E-state index in [2.05, 4.69) is 20.6 Å². The van der Waals surface area contributed by atoms with E-state index >= 15 is 0 Å². The van der Waals surface area contributed by atoms with E-state index in [1.165, 1.54) is 12.3 Å². The average Bonchev–Trinajstić information content (AvgIpc) is 3.30. The monoisotopic (exact) mass is 553 g/mol. The molecule has 0 amide bonds. The maximum atomic E-state index is 14.2. The van der Waals surface area contributed by atoms with E-state index in [0.29, 0.717) is 29.4 Å². The maximum absolute atomic E-state index is 14.2. The number of carboxylic acid groups (broad SMARTS) is 1. The topological polar surface area (TPSA) is 123 Å². The van der Waals surface area contributed by atoms with Crippen LogP contribution in [-0.2, 0) is 24.3 Å². The van der Waals surface area contributed by atoms with Crippen LogP contribution in [0, 0.1) is 23.1 Å². The standard InChI is InChI=1S/C31H28FN5O4/c32-24-12-20(15-33)6-9-22(24)18-41-30-3-1-2-25(36-30)21-7-4-19(5-8-21)13-29-35-27-16-34-26(31(38)39)14-28(27)37(29)17-23-10-11-40-23/h1-3,6-7,9,12,14,16,19,23H,4-5,8,10-11,13,17-18H2,(H,38,39)/t19?,23-/m0/s1. The predicted molar refractivity (Wildman–Crippen MR) is 148 cm³/mol. The quantitative estimate of drug-likeness (QED) is 0.295. The number of rotatable bonds is 9. The number of ether oxygens (including phenoxy) is 2. The van der Waals surface area contributed by atoms with Crippen molar-refractivity contribution in [2.24, 2.45) is 5.92 Å². The molecule has 0 spiro atoms. The van der Waals surface area contributed by atoms with Crippen molar-refractivity contribution < 1.29 is 23.8 Å². The minimum absolute atomic E-state index is 0.00529. The molecular weight excluding hydrogens is 525 g/mol. The number of halogens is 1. The molecule has 4 aromatic rings. The third-order valence-corrected chi connectivity index (χ3v) is 7.71. The molecule has 4 heterocycles. The van der Waals surface area contributed by atoms with Crippen molar-refractivity contribution in [1.29, 1.82) is 5.26 Å².